The van der Waals surface area contributed by atoms with Crippen molar-refractivity contribution in [2.45, 2.75) is 131 Å². The van der Waals surface area contributed by atoms with Crippen LogP contribution in [0.25, 0.3) is 0 Å². The summed E-state index contributed by atoms with van der Waals surface area (Å²) in [5.74, 6) is 7.15. The summed E-state index contributed by atoms with van der Waals surface area (Å²) >= 11 is 0. The number of fused-ring (bicyclic) bond motifs is 8. The fourth-order valence-corrected chi connectivity index (χ4v) is 12.5. The van der Waals surface area contributed by atoms with E-state index in [2.05, 4.69) is 66.4 Å². The van der Waals surface area contributed by atoms with E-state index in [9.17, 15) is 0 Å². The maximum Gasteiger partial charge on any atom is 0.135 e. The fraction of sp³-hybridized carbons (Fsp3) is 0.838. The van der Waals surface area contributed by atoms with Crippen LogP contribution in [0.4, 0.5) is 5.82 Å². The van der Waals surface area contributed by atoms with Gasteiger partial charge in [-0.1, -0.05) is 66.5 Å². The second-order valence-corrected chi connectivity index (χ2v) is 16.9. The lowest BCUT2D eigenvalue weighted by Gasteiger charge is -2.70. The summed E-state index contributed by atoms with van der Waals surface area (Å²) < 4.78 is 0. The van der Waals surface area contributed by atoms with Crippen molar-refractivity contribution in [2.75, 3.05) is 18.0 Å². The molecular weight excluding hydrogens is 486 g/mol. The lowest BCUT2D eigenvalue weighted by molar-refractivity contribution is -0.153. The van der Waals surface area contributed by atoms with Crippen LogP contribution in [0.2, 0.25) is 0 Å². The van der Waals surface area contributed by atoms with Crippen molar-refractivity contribution in [3.05, 3.63) is 28.7 Å². The van der Waals surface area contributed by atoms with Crippen molar-refractivity contribution >= 4 is 5.82 Å². The smallest absolute Gasteiger partial charge is 0.135 e. The summed E-state index contributed by atoms with van der Waals surface area (Å²) in [6, 6.07) is 0. The molecule has 1 saturated heterocycles. The van der Waals surface area contributed by atoms with Gasteiger partial charge in [0, 0.05) is 24.1 Å². The van der Waals surface area contributed by atoms with Crippen molar-refractivity contribution in [2.24, 2.45) is 51.8 Å². The first-order valence-electron chi connectivity index (χ1n) is 17.3. The summed E-state index contributed by atoms with van der Waals surface area (Å²) in [5, 5.41) is 0. The molecule has 0 N–H and O–H groups in total. The van der Waals surface area contributed by atoms with Gasteiger partial charge in [0.1, 0.15) is 11.6 Å². The predicted octanol–water partition coefficient (Wildman–Crippen LogP) is 9.08. The van der Waals surface area contributed by atoms with Gasteiger partial charge in [-0.25, -0.2) is 9.97 Å². The van der Waals surface area contributed by atoms with Crippen molar-refractivity contribution in [1.29, 1.82) is 0 Å². The van der Waals surface area contributed by atoms with Crippen molar-refractivity contribution < 1.29 is 0 Å². The topological polar surface area (TPSA) is 29.0 Å². The van der Waals surface area contributed by atoms with Crippen LogP contribution < -0.4 is 4.90 Å². The molecule has 7 rings (SSSR count). The number of anilines is 1. The monoisotopic (exact) mass is 543 g/mol. The van der Waals surface area contributed by atoms with Crippen LogP contribution >= 0.6 is 0 Å². The number of aryl methyl sites for hydroxylation is 1. The Hall–Kier alpha value is -1.38. The molecule has 0 radical (unpaired) electrons. The Bertz CT molecular complexity index is 1210. The minimum absolute atomic E-state index is 0.0811. The fourth-order valence-electron chi connectivity index (χ4n) is 12.5. The van der Waals surface area contributed by atoms with Crippen LogP contribution in [0.5, 0.6) is 0 Å². The third kappa shape index (κ3) is 3.54. The molecule has 4 fully saturated rings. The zero-order valence-corrected chi connectivity index (χ0v) is 27.1. The number of hydrogen-bond donors (Lipinski definition) is 0. The first-order chi connectivity index (χ1) is 18.9. The predicted molar refractivity (Wildman–Crippen MR) is 167 cm³/mol. The molecule has 3 heteroatoms. The van der Waals surface area contributed by atoms with Gasteiger partial charge < -0.3 is 4.90 Å². The van der Waals surface area contributed by atoms with Gasteiger partial charge >= 0.3 is 0 Å². The summed E-state index contributed by atoms with van der Waals surface area (Å²) in [6.45, 7) is 22.9. The van der Waals surface area contributed by atoms with E-state index in [0.717, 1.165) is 48.5 Å². The molecule has 3 nitrogen and oxygen atoms in total. The molecule has 1 aromatic rings. The zero-order valence-electron chi connectivity index (χ0n) is 27.1. The highest BCUT2D eigenvalue weighted by atomic mass is 15.2. The average molecular weight is 544 g/mol. The van der Waals surface area contributed by atoms with Crippen molar-refractivity contribution in [1.82, 2.24) is 9.97 Å². The lowest BCUT2D eigenvalue weighted by atomic mass is 9.34. The molecule has 0 bridgehead atoms. The molecule has 0 aromatic carbocycles. The number of allylic oxidation sites excluding steroid dienone is 2. The molecule has 0 amide bonds. The second kappa shape index (κ2) is 9.06. The average Bonchev–Trinajstić information content (AvgIpc) is 2.91. The van der Waals surface area contributed by atoms with Crippen molar-refractivity contribution in [3.63, 3.8) is 0 Å². The van der Waals surface area contributed by atoms with E-state index in [0.29, 0.717) is 16.7 Å². The van der Waals surface area contributed by atoms with Gasteiger partial charge in [0.15, 0.2) is 0 Å². The molecule has 40 heavy (non-hydrogen) atoms. The SMILES string of the molecule is Cc1nc(N2CCCCC2)c2c(n1)C(C)(C)[C@@H]1CC[C@]3(C)[C@H](CC=C4[C@H]5[C@@H](CC[C@@H](C)[C@@H]5C)CC[C@]43C)[C@@]1(C)C2. The Balaban J connectivity index is 1.33. The largest absolute Gasteiger partial charge is 0.356 e. The zero-order chi connectivity index (χ0) is 28.2. The Kier molecular flexibility index (Phi) is 6.22. The minimum Gasteiger partial charge on any atom is -0.356 e. The minimum atomic E-state index is 0.0811. The maximum atomic E-state index is 5.26. The first kappa shape index (κ1) is 27.5. The number of hydrogen-bond acceptors (Lipinski definition) is 3. The van der Waals surface area contributed by atoms with Gasteiger partial charge in [0.2, 0.25) is 0 Å². The quantitative estimate of drug-likeness (QED) is 0.331. The number of nitrogens with zero attached hydrogens (tertiary/aromatic N) is 3. The molecule has 0 spiro atoms. The van der Waals surface area contributed by atoms with E-state index in [1.165, 1.54) is 87.7 Å². The van der Waals surface area contributed by atoms with E-state index in [1.54, 1.807) is 0 Å². The Morgan fingerprint density at radius 2 is 1.60 bits per heavy atom. The summed E-state index contributed by atoms with van der Waals surface area (Å²) in [5.41, 5.74) is 5.89. The highest BCUT2D eigenvalue weighted by Gasteiger charge is 2.67. The van der Waals surface area contributed by atoms with E-state index in [1.807, 2.05) is 5.57 Å². The lowest BCUT2D eigenvalue weighted by Crippen LogP contribution is -2.64. The molecular formula is C37H57N3. The number of rotatable bonds is 1. The summed E-state index contributed by atoms with van der Waals surface area (Å²) in [4.78, 5) is 13.1. The van der Waals surface area contributed by atoms with Gasteiger partial charge in [-0.05, 0) is 123 Å². The second-order valence-electron chi connectivity index (χ2n) is 16.9. The van der Waals surface area contributed by atoms with Gasteiger partial charge in [0.25, 0.3) is 0 Å². The highest BCUT2D eigenvalue weighted by Crippen LogP contribution is 2.74. The van der Waals surface area contributed by atoms with Crippen LogP contribution in [-0.4, -0.2) is 23.1 Å². The molecule has 1 aliphatic heterocycles. The third-order valence-corrected chi connectivity index (χ3v) is 14.9. The molecule has 0 unspecified atom stereocenters. The Morgan fingerprint density at radius 1 is 0.850 bits per heavy atom. The van der Waals surface area contributed by atoms with Gasteiger partial charge in [0.05, 0.1) is 5.69 Å². The molecule has 5 aliphatic carbocycles. The van der Waals surface area contributed by atoms with Gasteiger partial charge in [-0.15, -0.1) is 0 Å². The summed E-state index contributed by atoms with van der Waals surface area (Å²) in [6.07, 6.45) is 17.8. The van der Waals surface area contributed by atoms with Crippen molar-refractivity contribution in [3.8, 4) is 0 Å². The van der Waals surface area contributed by atoms with Crippen LogP contribution in [0.1, 0.15) is 130 Å². The molecule has 220 valence electrons. The Labute approximate surface area is 245 Å². The third-order valence-electron chi connectivity index (χ3n) is 14.9. The molecule has 9 atom stereocenters. The van der Waals surface area contributed by atoms with E-state index >= 15 is 0 Å². The molecule has 1 aromatic heterocycles. The van der Waals surface area contributed by atoms with E-state index < -0.39 is 0 Å². The van der Waals surface area contributed by atoms with Crippen LogP contribution in [0.3, 0.4) is 0 Å². The van der Waals surface area contributed by atoms with E-state index in [-0.39, 0.29) is 10.8 Å². The van der Waals surface area contributed by atoms with Crippen LogP contribution in [0, 0.1) is 58.7 Å². The molecule has 3 saturated carbocycles. The maximum absolute atomic E-state index is 5.26. The van der Waals surface area contributed by atoms with Gasteiger partial charge in [-0.3, -0.25) is 0 Å². The normalized spacial score (nSPS) is 45.8. The number of aromatic nitrogens is 2. The van der Waals surface area contributed by atoms with Gasteiger partial charge in [-0.2, -0.15) is 0 Å². The number of piperidine rings is 1. The molecule has 2 heterocycles. The Morgan fingerprint density at radius 3 is 2.35 bits per heavy atom. The molecule has 6 aliphatic rings. The first-order valence-corrected chi connectivity index (χ1v) is 17.3. The highest BCUT2D eigenvalue weighted by molar-refractivity contribution is 5.54. The summed E-state index contributed by atoms with van der Waals surface area (Å²) in [7, 11) is 0. The standard InChI is InChI=1S/C37H57N3/c1-23-12-13-26-16-18-36(7)28(31(26)24(23)2)14-15-30-35(6)22-27-32(34(4,5)29(35)17-19-37(30,36)8)38-25(3)39-33(27)40-20-10-9-11-21-40/h14,23-24,26,29-31H,9-13,15-22H2,1-8H3/t23-,24+,26+,29+,30-,31-,35+,36-,37-/m1/s1. The van der Waals surface area contributed by atoms with E-state index in [4.69, 9.17) is 9.97 Å². The van der Waals surface area contributed by atoms with Crippen LogP contribution in [0.15, 0.2) is 11.6 Å². The van der Waals surface area contributed by atoms with Crippen LogP contribution in [-0.2, 0) is 11.8 Å².